The van der Waals surface area contributed by atoms with Crippen LogP contribution >= 0.6 is 0 Å². The van der Waals surface area contributed by atoms with E-state index in [1.54, 1.807) is 12.1 Å². The molecule has 33 heavy (non-hydrogen) atoms. The number of nitrogens with zero attached hydrogens (tertiary/aromatic N) is 3. The van der Waals surface area contributed by atoms with Gasteiger partial charge in [0.15, 0.2) is 0 Å². The first kappa shape index (κ1) is 21.6. The first-order valence-corrected chi connectivity index (χ1v) is 11.6. The van der Waals surface area contributed by atoms with Crippen LogP contribution in [0, 0.1) is 5.82 Å². The summed E-state index contributed by atoms with van der Waals surface area (Å²) in [4.78, 5) is 22.4. The van der Waals surface area contributed by atoms with Gasteiger partial charge in [-0.1, -0.05) is 12.1 Å². The number of amides is 1. The number of carbonyl (C=O) groups is 1. The van der Waals surface area contributed by atoms with Crippen LogP contribution in [0.15, 0.2) is 66.7 Å². The van der Waals surface area contributed by atoms with Crippen LogP contribution in [0.4, 0.5) is 10.1 Å². The molecule has 1 atom stereocenters. The van der Waals surface area contributed by atoms with Crippen molar-refractivity contribution < 1.29 is 13.9 Å². The van der Waals surface area contributed by atoms with Crippen molar-refractivity contribution in [2.24, 2.45) is 0 Å². The Bertz CT molecular complexity index is 1110. The Balaban J connectivity index is 1.31. The average Bonchev–Trinajstić information content (AvgIpc) is 2.89. The van der Waals surface area contributed by atoms with Crippen molar-refractivity contribution in [3.8, 4) is 11.3 Å². The van der Waals surface area contributed by atoms with Gasteiger partial charge in [-0.2, -0.15) is 0 Å². The summed E-state index contributed by atoms with van der Waals surface area (Å²) in [6.07, 6.45) is 1.94. The van der Waals surface area contributed by atoms with Crippen LogP contribution in [-0.4, -0.2) is 55.2 Å². The van der Waals surface area contributed by atoms with E-state index >= 15 is 0 Å². The van der Waals surface area contributed by atoms with E-state index in [4.69, 9.17) is 9.72 Å². The Kier molecular flexibility index (Phi) is 6.35. The molecule has 2 aliphatic rings. The highest BCUT2D eigenvalue weighted by atomic mass is 19.1. The zero-order chi connectivity index (χ0) is 22.6. The molecule has 0 spiro atoms. The van der Waals surface area contributed by atoms with Gasteiger partial charge in [0, 0.05) is 54.6 Å². The van der Waals surface area contributed by atoms with E-state index in [0.717, 1.165) is 73.9 Å². The van der Waals surface area contributed by atoms with Gasteiger partial charge in [-0.3, -0.25) is 9.78 Å². The van der Waals surface area contributed by atoms with Gasteiger partial charge in [0.05, 0.1) is 18.9 Å². The van der Waals surface area contributed by atoms with Crippen molar-refractivity contribution in [2.45, 2.75) is 18.8 Å². The third-order valence-electron chi connectivity index (χ3n) is 6.51. The molecule has 2 saturated heterocycles. The van der Waals surface area contributed by atoms with E-state index in [-0.39, 0.29) is 17.6 Å². The van der Waals surface area contributed by atoms with Crippen LogP contribution in [0.1, 0.15) is 34.8 Å². The molecule has 2 aliphatic heterocycles. The fraction of sp³-hybridized carbons (Fsp3) is 0.333. The Morgan fingerprint density at radius 1 is 0.970 bits per heavy atom. The second-order valence-corrected chi connectivity index (χ2v) is 8.69. The fourth-order valence-electron chi connectivity index (χ4n) is 4.70. The number of carbonyl (C=O) groups excluding carboxylic acids is 1. The van der Waals surface area contributed by atoms with E-state index in [9.17, 15) is 9.18 Å². The molecular formula is C27H28FN3O2. The smallest absolute Gasteiger partial charge is 0.253 e. The molecule has 0 aliphatic carbocycles. The van der Waals surface area contributed by atoms with Gasteiger partial charge >= 0.3 is 0 Å². The van der Waals surface area contributed by atoms with E-state index in [1.165, 1.54) is 12.1 Å². The molecular weight excluding hydrogens is 417 g/mol. The van der Waals surface area contributed by atoms with Crippen molar-refractivity contribution in [1.82, 2.24) is 9.88 Å². The van der Waals surface area contributed by atoms with Crippen LogP contribution in [0.5, 0.6) is 0 Å². The molecule has 0 saturated carbocycles. The first-order chi connectivity index (χ1) is 16.2. The van der Waals surface area contributed by atoms with Gasteiger partial charge in [0.2, 0.25) is 0 Å². The minimum atomic E-state index is -0.256. The van der Waals surface area contributed by atoms with Gasteiger partial charge in [-0.05, 0) is 67.4 Å². The predicted octanol–water partition coefficient (Wildman–Crippen LogP) is 4.74. The molecule has 6 heteroatoms. The second kappa shape index (κ2) is 9.71. The number of aromatic nitrogens is 1. The molecule has 170 valence electrons. The molecule has 0 unspecified atom stereocenters. The lowest BCUT2D eigenvalue weighted by atomic mass is 9.93. The zero-order valence-corrected chi connectivity index (χ0v) is 18.6. The van der Waals surface area contributed by atoms with Gasteiger partial charge in [-0.25, -0.2) is 4.39 Å². The summed E-state index contributed by atoms with van der Waals surface area (Å²) in [7, 11) is 0. The summed E-state index contributed by atoms with van der Waals surface area (Å²) in [6.45, 7) is 4.54. The average molecular weight is 446 g/mol. The molecule has 0 N–H and O–H groups in total. The van der Waals surface area contributed by atoms with E-state index in [0.29, 0.717) is 6.54 Å². The van der Waals surface area contributed by atoms with Crippen molar-refractivity contribution in [2.75, 3.05) is 44.3 Å². The SMILES string of the molecule is O=C(c1cccc(N2CCOCC2)c1)N1CCC[C@H](c2cccc(-c3ccc(F)cc3)n2)C1. The van der Waals surface area contributed by atoms with E-state index in [1.807, 2.05) is 41.3 Å². The lowest BCUT2D eigenvalue weighted by molar-refractivity contribution is 0.0706. The van der Waals surface area contributed by atoms with Crippen LogP contribution in [0.2, 0.25) is 0 Å². The minimum absolute atomic E-state index is 0.0736. The number of hydrogen-bond donors (Lipinski definition) is 0. The van der Waals surface area contributed by atoms with Gasteiger partial charge in [0.1, 0.15) is 5.82 Å². The molecule has 1 aromatic heterocycles. The number of morpholine rings is 1. The van der Waals surface area contributed by atoms with Gasteiger partial charge in [-0.15, -0.1) is 0 Å². The summed E-state index contributed by atoms with van der Waals surface area (Å²) < 4.78 is 18.7. The number of halogens is 1. The third-order valence-corrected chi connectivity index (χ3v) is 6.51. The lowest BCUT2D eigenvalue weighted by Crippen LogP contribution is -2.39. The molecule has 3 heterocycles. The van der Waals surface area contributed by atoms with Crippen molar-refractivity contribution in [3.63, 3.8) is 0 Å². The monoisotopic (exact) mass is 445 g/mol. The maximum absolute atomic E-state index is 13.4. The minimum Gasteiger partial charge on any atom is -0.378 e. The number of likely N-dealkylation sites (tertiary alicyclic amines) is 1. The highest BCUT2D eigenvalue weighted by Gasteiger charge is 2.27. The third kappa shape index (κ3) is 4.91. The number of pyridine rings is 1. The largest absolute Gasteiger partial charge is 0.378 e. The lowest BCUT2D eigenvalue weighted by Gasteiger charge is -2.33. The van der Waals surface area contributed by atoms with Crippen LogP contribution in [-0.2, 0) is 4.74 Å². The number of anilines is 1. The molecule has 5 rings (SSSR count). The van der Waals surface area contributed by atoms with Crippen LogP contribution in [0.25, 0.3) is 11.3 Å². The molecule has 0 radical (unpaired) electrons. The molecule has 3 aromatic rings. The highest BCUT2D eigenvalue weighted by Crippen LogP contribution is 2.29. The zero-order valence-electron chi connectivity index (χ0n) is 18.6. The van der Waals surface area contributed by atoms with E-state index < -0.39 is 0 Å². The summed E-state index contributed by atoms with van der Waals surface area (Å²) in [6, 6.07) is 20.3. The second-order valence-electron chi connectivity index (χ2n) is 8.69. The number of benzene rings is 2. The number of ether oxygens (including phenoxy) is 1. The van der Waals surface area contributed by atoms with Crippen molar-refractivity contribution in [3.05, 3.63) is 83.8 Å². The van der Waals surface area contributed by atoms with Crippen LogP contribution < -0.4 is 4.90 Å². The molecule has 2 fully saturated rings. The summed E-state index contributed by atoms with van der Waals surface area (Å²) in [5.74, 6) is 0.00375. The normalized spacial score (nSPS) is 18.9. The Morgan fingerprint density at radius 3 is 2.58 bits per heavy atom. The molecule has 2 aromatic carbocycles. The Labute approximate surface area is 193 Å². The molecule has 0 bridgehead atoms. The first-order valence-electron chi connectivity index (χ1n) is 11.6. The Hall–Kier alpha value is -3.25. The Morgan fingerprint density at radius 2 is 1.76 bits per heavy atom. The fourth-order valence-corrected chi connectivity index (χ4v) is 4.70. The quantitative estimate of drug-likeness (QED) is 0.582. The maximum atomic E-state index is 13.4. The maximum Gasteiger partial charge on any atom is 0.253 e. The summed E-state index contributed by atoms with van der Waals surface area (Å²) in [5.41, 5.74) is 4.51. The van der Waals surface area contributed by atoms with E-state index in [2.05, 4.69) is 11.0 Å². The topological polar surface area (TPSA) is 45.7 Å². The van der Waals surface area contributed by atoms with Crippen molar-refractivity contribution in [1.29, 1.82) is 0 Å². The standard InChI is InChI=1S/C27H28FN3O2/c28-23-11-9-20(10-12-23)25-7-2-8-26(29-25)22-5-3-13-31(19-22)27(32)21-4-1-6-24(18-21)30-14-16-33-17-15-30/h1-2,4,6-12,18,22H,3,5,13-17,19H2/t22-/m0/s1. The van der Waals surface area contributed by atoms with Gasteiger partial charge < -0.3 is 14.5 Å². The summed E-state index contributed by atoms with van der Waals surface area (Å²) >= 11 is 0. The summed E-state index contributed by atoms with van der Waals surface area (Å²) in [5, 5.41) is 0. The molecule has 5 nitrogen and oxygen atoms in total. The number of rotatable bonds is 4. The molecule has 1 amide bonds. The predicted molar refractivity (Wildman–Crippen MR) is 127 cm³/mol. The van der Waals surface area contributed by atoms with Crippen molar-refractivity contribution >= 4 is 11.6 Å². The number of hydrogen-bond acceptors (Lipinski definition) is 4. The highest BCUT2D eigenvalue weighted by molar-refractivity contribution is 5.95. The number of piperidine rings is 1. The van der Waals surface area contributed by atoms with Crippen LogP contribution in [0.3, 0.4) is 0 Å². The van der Waals surface area contributed by atoms with Gasteiger partial charge in [0.25, 0.3) is 5.91 Å².